The van der Waals surface area contributed by atoms with Gasteiger partial charge < -0.3 is 4.74 Å². The van der Waals surface area contributed by atoms with Crippen LogP contribution in [0.3, 0.4) is 0 Å². The third kappa shape index (κ3) is 3.28. The van der Waals surface area contributed by atoms with Crippen LogP contribution in [0.15, 0.2) is 41.4 Å². The minimum atomic E-state index is 0.463. The highest BCUT2D eigenvalue weighted by atomic mass is 35.5. The van der Waals surface area contributed by atoms with Gasteiger partial charge in [-0.05, 0) is 24.5 Å². The Balaban J connectivity index is 2.16. The molecule has 2 nitrogen and oxygen atoms in total. The second-order valence-corrected chi connectivity index (χ2v) is 4.91. The van der Waals surface area contributed by atoms with Crippen molar-refractivity contribution in [2.45, 2.75) is 4.90 Å². The zero-order valence-electron chi connectivity index (χ0n) is 8.98. The number of pyridine rings is 1. The molecule has 0 aliphatic heterocycles. The summed E-state index contributed by atoms with van der Waals surface area (Å²) in [6.07, 6.45) is 3.76. The van der Waals surface area contributed by atoms with E-state index in [2.05, 4.69) is 4.98 Å². The summed E-state index contributed by atoms with van der Waals surface area (Å²) < 4.78 is 5.55. The lowest BCUT2D eigenvalue weighted by atomic mass is 10.3. The molecule has 0 bridgehead atoms. The summed E-state index contributed by atoms with van der Waals surface area (Å²) in [5.41, 5.74) is 0. The normalized spacial score (nSPS) is 10.3. The van der Waals surface area contributed by atoms with Gasteiger partial charge in [-0.2, -0.15) is 0 Å². The third-order valence-corrected chi connectivity index (χ3v) is 3.51. The monoisotopic (exact) mass is 285 g/mol. The molecule has 1 aromatic heterocycles. The van der Waals surface area contributed by atoms with E-state index in [-0.39, 0.29) is 0 Å². The lowest BCUT2D eigenvalue weighted by molar-refractivity contribution is 0.462. The van der Waals surface area contributed by atoms with E-state index in [9.17, 15) is 0 Å². The Morgan fingerprint density at radius 3 is 2.53 bits per heavy atom. The largest absolute Gasteiger partial charge is 0.439 e. The van der Waals surface area contributed by atoms with Crippen LogP contribution in [-0.4, -0.2) is 11.2 Å². The summed E-state index contributed by atoms with van der Waals surface area (Å²) >= 11 is 13.3. The van der Waals surface area contributed by atoms with Crippen LogP contribution >= 0.6 is 35.0 Å². The number of hydrogen-bond donors (Lipinski definition) is 0. The SMILES string of the molecule is CSc1ccc(Oc2ccc(Cl)c(Cl)c2)nc1. The van der Waals surface area contributed by atoms with Crippen LogP contribution in [0.2, 0.25) is 10.0 Å². The molecule has 2 rings (SSSR count). The molecular formula is C12H9Cl2NOS. The number of nitrogens with zero attached hydrogens (tertiary/aromatic N) is 1. The minimum absolute atomic E-state index is 0.463. The number of benzene rings is 1. The molecule has 0 saturated carbocycles. The van der Waals surface area contributed by atoms with Crippen molar-refractivity contribution in [3.8, 4) is 11.6 Å². The summed E-state index contributed by atoms with van der Waals surface area (Å²) in [6, 6.07) is 8.86. The van der Waals surface area contributed by atoms with E-state index < -0.39 is 0 Å². The highest BCUT2D eigenvalue weighted by Gasteiger charge is 2.02. The molecule has 0 radical (unpaired) electrons. The van der Waals surface area contributed by atoms with Crippen LogP contribution < -0.4 is 4.74 Å². The van der Waals surface area contributed by atoms with Gasteiger partial charge in [0.1, 0.15) is 5.75 Å². The Labute approximate surface area is 114 Å². The fourth-order valence-electron chi connectivity index (χ4n) is 1.21. The molecule has 5 heteroatoms. The molecule has 0 spiro atoms. The highest BCUT2D eigenvalue weighted by Crippen LogP contribution is 2.29. The Bertz CT molecular complexity index is 516. The van der Waals surface area contributed by atoms with Crippen LogP contribution in [-0.2, 0) is 0 Å². The van der Waals surface area contributed by atoms with Gasteiger partial charge in [0.05, 0.1) is 10.0 Å². The summed E-state index contributed by atoms with van der Waals surface area (Å²) in [5.74, 6) is 1.14. The zero-order valence-corrected chi connectivity index (χ0v) is 11.3. The molecule has 1 heterocycles. The van der Waals surface area contributed by atoms with E-state index in [0.717, 1.165) is 4.90 Å². The zero-order chi connectivity index (χ0) is 12.3. The van der Waals surface area contributed by atoms with Crippen LogP contribution in [0.1, 0.15) is 0 Å². The van der Waals surface area contributed by atoms with E-state index >= 15 is 0 Å². The summed E-state index contributed by atoms with van der Waals surface area (Å²) in [5, 5.41) is 0.967. The molecule has 17 heavy (non-hydrogen) atoms. The maximum Gasteiger partial charge on any atom is 0.219 e. The van der Waals surface area contributed by atoms with Crippen molar-refractivity contribution < 1.29 is 4.74 Å². The molecule has 0 amide bonds. The van der Waals surface area contributed by atoms with E-state index in [1.54, 1.807) is 36.2 Å². The minimum Gasteiger partial charge on any atom is -0.439 e. The van der Waals surface area contributed by atoms with Gasteiger partial charge in [0, 0.05) is 23.2 Å². The van der Waals surface area contributed by atoms with E-state index in [1.807, 2.05) is 18.4 Å². The lowest BCUT2D eigenvalue weighted by Gasteiger charge is -2.05. The molecule has 0 fully saturated rings. The maximum atomic E-state index is 5.89. The van der Waals surface area contributed by atoms with Gasteiger partial charge in [-0.15, -0.1) is 11.8 Å². The van der Waals surface area contributed by atoms with Crippen LogP contribution in [0, 0.1) is 0 Å². The first-order valence-electron chi connectivity index (χ1n) is 4.82. The van der Waals surface area contributed by atoms with Gasteiger partial charge in [0.25, 0.3) is 0 Å². The predicted octanol–water partition coefficient (Wildman–Crippen LogP) is 4.90. The predicted molar refractivity (Wildman–Crippen MR) is 72.6 cm³/mol. The van der Waals surface area contributed by atoms with Crippen LogP contribution in [0.25, 0.3) is 0 Å². The molecule has 0 aliphatic carbocycles. The number of thioether (sulfide) groups is 1. The Morgan fingerprint density at radius 2 is 1.94 bits per heavy atom. The Kier molecular flexibility index (Phi) is 4.15. The summed E-state index contributed by atoms with van der Waals surface area (Å²) in [4.78, 5) is 5.27. The second-order valence-electron chi connectivity index (χ2n) is 3.21. The van der Waals surface area contributed by atoms with Crippen LogP contribution in [0.5, 0.6) is 11.6 Å². The van der Waals surface area contributed by atoms with Gasteiger partial charge in [-0.3, -0.25) is 0 Å². The Morgan fingerprint density at radius 1 is 1.12 bits per heavy atom. The molecule has 0 saturated heterocycles. The van der Waals surface area contributed by atoms with Crippen molar-refractivity contribution in [3.05, 3.63) is 46.6 Å². The molecule has 1 aromatic carbocycles. The summed E-state index contributed by atoms with van der Waals surface area (Å²) in [7, 11) is 0. The van der Waals surface area contributed by atoms with E-state index in [4.69, 9.17) is 27.9 Å². The molecule has 2 aromatic rings. The first kappa shape index (κ1) is 12.6. The first-order valence-corrected chi connectivity index (χ1v) is 6.80. The van der Waals surface area contributed by atoms with E-state index in [1.165, 1.54) is 0 Å². The van der Waals surface area contributed by atoms with Gasteiger partial charge in [0.2, 0.25) is 5.88 Å². The number of hydrogen-bond acceptors (Lipinski definition) is 3. The van der Waals surface area contributed by atoms with Crippen molar-refractivity contribution in [1.29, 1.82) is 0 Å². The van der Waals surface area contributed by atoms with Crippen molar-refractivity contribution in [2.24, 2.45) is 0 Å². The van der Waals surface area contributed by atoms with Crippen molar-refractivity contribution in [3.63, 3.8) is 0 Å². The Hall–Kier alpha value is -0.900. The number of rotatable bonds is 3. The summed E-state index contributed by atoms with van der Waals surface area (Å²) in [6.45, 7) is 0. The molecule has 0 aliphatic rings. The quantitative estimate of drug-likeness (QED) is 0.749. The number of ether oxygens (including phenoxy) is 1. The fourth-order valence-corrected chi connectivity index (χ4v) is 1.86. The van der Waals surface area contributed by atoms with Gasteiger partial charge in [-0.25, -0.2) is 4.98 Å². The van der Waals surface area contributed by atoms with Crippen molar-refractivity contribution in [2.75, 3.05) is 6.26 Å². The smallest absolute Gasteiger partial charge is 0.219 e. The second kappa shape index (κ2) is 5.63. The average molecular weight is 286 g/mol. The number of halogens is 2. The molecule has 0 atom stereocenters. The molecule has 88 valence electrons. The molecule has 0 unspecified atom stereocenters. The van der Waals surface area contributed by atoms with Gasteiger partial charge in [0.15, 0.2) is 0 Å². The average Bonchev–Trinajstić information content (AvgIpc) is 2.35. The first-order chi connectivity index (χ1) is 8.19. The molecular weight excluding hydrogens is 277 g/mol. The molecule has 0 N–H and O–H groups in total. The standard InChI is InChI=1S/C12H9Cl2NOS/c1-17-9-3-5-12(15-7-9)16-8-2-4-10(13)11(14)6-8/h2-7H,1H3. The highest BCUT2D eigenvalue weighted by molar-refractivity contribution is 7.98. The van der Waals surface area contributed by atoms with Crippen molar-refractivity contribution >= 4 is 35.0 Å². The lowest BCUT2D eigenvalue weighted by Crippen LogP contribution is -1.87. The van der Waals surface area contributed by atoms with E-state index in [0.29, 0.717) is 21.7 Å². The fraction of sp³-hybridized carbons (Fsp3) is 0.0833. The topological polar surface area (TPSA) is 22.1 Å². The third-order valence-electron chi connectivity index (χ3n) is 2.06. The maximum absolute atomic E-state index is 5.89. The van der Waals surface area contributed by atoms with Gasteiger partial charge >= 0.3 is 0 Å². The number of aromatic nitrogens is 1. The van der Waals surface area contributed by atoms with Crippen molar-refractivity contribution in [1.82, 2.24) is 4.98 Å². The van der Waals surface area contributed by atoms with Gasteiger partial charge in [-0.1, -0.05) is 23.2 Å². The van der Waals surface area contributed by atoms with Crippen LogP contribution in [0.4, 0.5) is 0 Å².